The molecule has 0 N–H and O–H groups in total. The zero-order valence-corrected chi connectivity index (χ0v) is 8.21. The molecule has 0 spiro atoms. The summed E-state index contributed by atoms with van der Waals surface area (Å²) in [7, 11) is 0. The molecule has 0 unspecified atom stereocenters. The Kier molecular flexibility index (Phi) is 2.43. The first-order chi connectivity index (χ1) is 8.11. The number of hydrogen-bond donors (Lipinski definition) is 0. The maximum atomic E-state index is 13.2. The van der Waals surface area contributed by atoms with Crippen molar-refractivity contribution in [1.82, 2.24) is 0 Å². The molecular formula is C13H8F2O. The van der Waals surface area contributed by atoms with E-state index in [9.17, 15) is 13.6 Å². The molecule has 80 valence electrons. The van der Waals surface area contributed by atoms with Gasteiger partial charge in [0, 0.05) is 11.1 Å². The summed E-state index contributed by atoms with van der Waals surface area (Å²) in [6.07, 6.45) is 0. The monoisotopic (exact) mass is 219 g/mol. The van der Waals surface area contributed by atoms with Crippen molar-refractivity contribution >= 4 is 5.78 Å². The van der Waals surface area contributed by atoms with Gasteiger partial charge in [-0.05, 0) is 18.2 Å². The minimum absolute atomic E-state index is 0.143. The molecule has 0 saturated heterocycles. The second-order valence-corrected chi connectivity index (χ2v) is 3.23. The van der Waals surface area contributed by atoms with Crippen LogP contribution >= 0.6 is 0 Å². The van der Waals surface area contributed by atoms with Crippen LogP contribution in [0.25, 0.3) is 0 Å². The van der Waals surface area contributed by atoms with Gasteiger partial charge in [-0.1, -0.05) is 30.3 Å². The highest BCUT2D eigenvalue weighted by molar-refractivity contribution is 6.08. The van der Waals surface area contributed by atoms with Gasteiger partial charge in [-0.15, -0.1) is 0 Å². The molecule has 2 aromatic carbocycles. The highest BCUT2D eigenvalue weighted by atomic mass is 19.2. The van der Waals surface area contributed by atoms with Gasteiger partial charge in [0.15, 0.2) is 17.4 Å². The lowest BCUT2D eigenvalue weighted by atomic mass is 10.0. The Balaban J connectivity index is 2.49. The molecule has 0 fully saturated rings. The van der Waals surface area contributed by atoms with Crippen LogP contribution in [0.1, 0.15) is 17.3 Å². The third kappa shape index (κ3) is 1.98. The molecule has 0 bridgehead atoms. The number of halogens is 2. The molecule has 0 saturated carbocycles. The van der Waals surface area contributed by atoms with Gasteiger partial charge in [0.2, 0.25) is 0 Å². The maximum absolute atomic E-state index is 13.2. The summed E-state index contributed by atoms with van der Waals surface area (Å²) in [4.78, 5) is 11.9. The van der Waals surface area contributed by atoms with Gasteiger partial charge < -0.3 is 0 Å². The van der Waals surface area contributed by atoms with Crippen LogP contribution in [-0.4, -0.2) is 5.78 Å². The molecule has 0 aliphatic rings. The lowest BCUT2D eigenvalue weighted by molar-refractivity contribution is 0.103. The second-order valence-electron chi connectivity index (χ2n) is 3.23. The van der Waals surface area contributed by atoms with Gasteiger partial charge in [0.05, 0.1) is 1.37 Å². The van der Waals surface area contributed by atoms with E-state index in [2.05, 4.69) is 0 Å². The number of carbonyl (C=O) groups is 1. The molecule has 3 heteroatoms. The van der Waals surface area contributed by atoms with E-state index in [0.717, 1.165) is 12.1 Å². The van der Waals surface area contributed by atoms with Crippen molar-refractivity contribution in [2.45, 2.75) is 0 Å². The summed E-state index contributed by atoms with van der Waals surface area (Å²) >= 11 is 0. The summed E-state index contributed by atoms with van der Waals surface area (Å²) in [5.74, 6) is -2.92. The number of hydrogen-bond acceptors (Lipinski definition) is 1. The number of ketones is 1. The predicted molar refractivity (Wildman–Crippen MR) is 56.2 cm³/mol. The van der Waals surface area contributed by atoms with Gasteiger partial charge in [-0.25, -0.2) is 8.78 Å². The summed E-state index contributed by atoms with van der Waals surface area (Å²) in [6.45, 7) is 0. The number of benzene rings is 2. The minimum Gasteiger partial charge on any atom is -0.289 e. The lowest BCUT2D eigenvalue weighted by Gasteiger charge is -2.01. The van der Waals surface area contributed by atoms with E-state index in [4.69, 9.17) is 1.37 Å². The topological polar surface area (TPSA) is 17.1 Å². The molecule has 2 aromatic rings. The average molecular weight is 219 g/mol. The van der Waals surface area contributed by atoms with Gasteiger partial charge in [0.25, 0.3) is 0 Å². The smallest absolute Gasteiger partial charge is 0.193 e. The molecule has 0 radical (unpaired) electrons. The highest BCUT2D eigenvalue weighted by Crippen LogP contribution is 2.13. The summed E-state index contributed by atoms with van der Waals surface area (Å²) in [6, 6.07) is 9.45. The Morgan fingerprint density at radius 2 is 1.62 bits per heavy atom. The molecule has 16 heavy (non-hydrogen) atoms. The van der Waals surface area contributed by atoms with E-state index in [0.29, 0.717) is 5.56 Å². The van der Waals surface area contributed by atoms with Gasteiger partial charge >= 0.3 is 0 Å². The zero-order chi connectivity index (χ0) is 12.4. The van der Waals surface area contributed by atoms with E-state index < -0.39 is 23.5 Å². The Labute approximate surface area is 92.8 Å². The van der Waals surface area contributed by atoms with Crippen LogP contribution in [0.3, 0.4) is 0 Å². The predicted octanol–water partition coefficient (Wildman–Crippen LogP) is 3.20. The molecule has 0 aromatic heterocycles. The fourth-order valence-electron chi connectivity index (χ4n) is 1.33. The Hall–Kier alpha value is -2.03. The van der Waals surface area contributed by atoms with Crippen LogP contribution in [0, 0.1) is 11.6 Å². The fraction of sp³-hybridized carbons (Fsp3) is 0. The fourth-order valence-corrected chi connectivity index (χ4v) is 1.33. The quantitative estimate of drug-likeness (QED) is 0.709. The van der Waals surface area contributed by atoms with Crippen molar-refractivity contribution in [3.05, 3.63) is 71.3 Å². The molecule has 0 aliphatic heterocycles. The molecule has 0 amide bonds. The van der Waals surface area contributed by atoms with Gasteiger partial charge in [-0.2, -0.15) is 0 Å². The Morgan fingerprint density at radius 3 is 2.31 bits per heavy atom. The van der Waals surface area contributed by atoms with E-state index in [1.807, 2.05) is 0 Å². The Morgan fingerprint density at radius 1 is 0.938 bits per heavy atom. The van der Waals surface area contributed by atoms with Crippen LogP contribution in [0.15, 0.2) is 48.5 Å². The van der Waals surface area contributed by atoms with Crippen molar-refractivity contribution in [3.8, 4) is 0 Å². The largest absolute Gasteiger partial charge is 0.289 e. The van der Waals surface area contributed by atoms with Crippen LogP contribution in [-0.2, 0) is 0 Å². The second kappa shape index (κ2) is 4.23. The zero-order valence-electron chi connectivity index (χ0n) is 9.21. The molecule has 0 heterocycles. The first-order valence-corrected chi connectivity index (χ1v) is 4.65. The molecule has 2 rings (SSSR count). The van der Waals surface area contributed by atoms with Crippen LogP contribution in [0.2, 0.25) is 0 Å². The van der Waals surface area contributed by atoms with Gasteiger partial charge in [0.1, 0.15) is 0 Å². The summed E-state index contributed by atoms with van der Waals surface area (Å²) < 4.78 is 33.4. The van der Waals surface area contributed by atoms with E-state index in [1.165, 1.54) is 0 Å². The van der Waals surface area contributed by atoms with Gasteiger partial charge in [-0.3, -0.25) is 4.79 Å². The number of carbonyl (C=O) groups excluding carboxylic acids is 1. The maximum Gasteiger partial charge on any atom is 0.193 e. The normalized spacial score (nSPS) is 11.0. The van der Waals surface area contributed by atoms with E-state index in [-0.39, 0.29) is 5.56 Å². The molecule has 1 nitrogen and oxygen atoms in total. The van der Waals surface area contributed by atoms with E-state index >= 15 is 0 Å². The van der Waals surface area contributed by atoms with E-state index in [1.54, 1.807) is 30.3 Å². The third-order valence-electron chi connectivity index (χ3n) is 2.13. The first kappa shape index (κ1) is 9.21. The standard InChI is InChI=1S/C13H8F2O/c14-11-7-6-10(8-12(11)15)13(16)9-4-2-1-3-5-9/h1-8H/i8D. The lowest BCUT2D eigenvalue weighted by Crippen LogP contribution is -2.02. The average Bonchev–Trinajstić information content (AvgIpc) is 2.36. The highest BCUT2D eigenvalue weighted by Gasteiger charge is 2.11. The van der Waals surface area contributed by atoms with Crippen LogP contribution in [0.4, 0.5) is 8.78 Å². The minimum atomic E-state index is -1.30. The van der Waals surface area contributed by atoms with Crippen molar-refractivity contribution < 1.29 is 14.9 Å². The SMILES string of the molecule is [2H]c1c(C(=O)c2ccccc2)ccc(F)c1F. The summed E-state index contributed by atoms with van der Waals surface area (Å²) in [5, 5.41) is 0. The number of rotatable bonds is 2. The third-order valence-corrected chi connectivity index (χ3v) is 2.13. The van der Waals surface area contributed by atoms with Crippen molar-refractivity contribution in [2.75, 3.05) is 0 Å². The summed E-state index contributed by atoms with van der Waals surface area (Å²) in [5.41, 5.74) is 0.196. The molecule has 0 atom stereocenters. The molecule has 0 aliphatic carbocycles. The first-order valence-electron chi connectivity index (χ1n) is 5.15. The van der Waals surface area contributed by atoms with Crippen molar-refractivity contribution in [3.63, 3.8) is 0 Å². The van der Waals surface area contributed by atoms with Crippen molar-refractivity contribution in [2.24, 2.45) is 0 Å². The van der Waals surface area contributed by atoms with Crippen LogP contribution in [0.5, 0.6) is 0 Å². The van der Waals surface area contributed by atoms with Crippen LogP contribution < -0.4 is 0 Å². The van der Waals surface area contributed by atoms with Crippen molar-refractivity contribution in [1.29, 1.82) is 0 Å². The molecular weight excluding hydrogens is 210 g/mol. The Bertz CT molecular complexity index is 567.